The molecule has 0 bridgehead atoms. The monoisotopic (exact) mass is 272 g/mol. The Hall–Kier alpha value is -2.37. The molecule has 0 spiro atoms. The number of hydrogen-bond donors (Lipinski definition) is 2. The molecule has 0 saturated carbocycles. The molecule has 1 atom stereocenters. The summed E-state index contributed by atoms with van der Waals surface area (Å²) in [5.74, 6) is 1.46. The highest BCUT2D eigenvalue weighted by Crippen LogP contribution is 2.31. The van der Waals surface area contributed by atoms with Crippen molar-refractivity contribution < 1.29 is 9.53 Å². The van der Waals surface area contributed by atoms with Gasteiger partial charge in [0.1, 0.15) is 11.6 Å². The number of ether oxygens (including phenoxy) is 1. The lowest BCUT2D eigenvalue weighted by Gasteiger charge is -2.26. The fourth-order valence-electron chi connectivity index (χ4n) is 2.27. The van der Waals surface area contributed by atoms with Crippen molar-refractivity contribution in [1.29, 1.82) is 0 Å². The number of hydrogen-bond acceptors (Lipinski definition) is 4. The van der Waals surface area contributed by atoms with E-state index in [1.165, 1.54) is 0 Å². The summed E-state index contributed by atoms with van der Waals surface area (Å²) >= 11 is 0. The van der Waals surface area contributed by atoms with Crippen LogP contribution in [0.2, 0.25) is 0 Å². The number of nitrogens with one attached hydrogen (secondary N) is 2. The second-order valence-corrected chi connectivity index (χ2v) is 4.66. The van der Waals surface area contributed by atoms with Crippen molar-refractivity contribution in [3.8, 4) is 5.75 Å². The number of H-pyrrole nitrogens is 1. The van der Waals surface area contributed by atoms with E-state index >= 15 is 0 Å². The number of aromatic nitrogens is 3. The summed E-state index contributed by atoms with van der Waals surface area (Å²) in [4.78, 5) is 16.3. The van der Waals surface area contributed by atoms with Gasteiger partial charge in [-0.15, -0.1) is 5.10 Å². The van der Waals surface area contributed by atoms with Crippen LogP contribution >= 0.6 is 0 Å². The highest BCUT2D eigenvalue weighted by Gasteiger charge is 2.24. The van der Waals surface area contributed by atoms with E-state index in [0.717, 1.165) is 24.2 Å². The summed E-state index contributed by atoms with van der Waals surface area (Å²) in [5, 5.41) is 9.64. The van der Waals surface area contributed by atoms with E-state index < -0.39 is 0 Å². The summed E-state index contributed by atoms with van der Waals surface area (Å²) < 4.78 is 5.57. The van der Waals surface area contributed by atoms with Gasteiger partial charge in [-0.1, -0.05) is 25.1 Å². The minimum absolute atomic E-state index is 0.0592. The Bertz CT molecular complexity index is 623. The molecular formula is C14H16N4O2. The first-order chi connectivity index (χ1) is 9.78. The molecule has 0 aliphatic carbocycles. The van der Waals surface area contributed by atoms with Gasteiger partial charge in [-0.3, -0.25) is 9.89 Å². The Morgan fingerprint density at radius 3 is 3.15 bits per heavy atom. The second-order valence-electron chi connectivity index (χ2n) is 4.66. The van der Waals surface area contributed by atoms with Crippen LogP contribution in [0.25, 0.3) is 0 Å². The first kappa shape index (κ1) is 12.7. The number of carbonyl (C=O) groups is 1. The van der Waals surface area contributed by atoms with Gasteiger partial charge in [-0.2, -0.15) is 0 Å². The molecule has 6 nitrogen and oxygen atoms in total. The van der Waals surface area contributed by atoms with Gasteiger partial charge in [0, 0.05) is 18.4 Å². The van der Waals surface area contributed by atoms with Crippen molar-refractivity contribution >= 4 is 5.91 Å². The van der Waals surface area contributed by atoms with E-state index in [1.807, 2.05) is 31.2 Å². The number of para-hydroxylation sites is 1. The van der Waals surface area contributed by atoms with Crippen molar-refractivity contribution in [2.24, 2.45) is 0 Å². The van der Waals surface area contributed by atoms with E-state index in [9.17, 15) is 4.79 Å². The lowest BCUT2D eigenvalue weighted by molar-refractivity contribution is 0.0914. The zero-order chi connectivity index (χ0) is 13.9. The van der Waals surface area contributed by atoms with Crippen LogP contribution in [0.1, 0.15) is 41.4 Å². The molecule has 0 saturated heterocycles. The highest BCUT2D eigenvalue weighted by atomic mass is 16.5. The fraction of sp³-hybridized carbons (Fsp3) is 0.357. The van der Waals surface area contributed by atoms with Gasteiger partial charge >= 0.3 is 0 Å². The lowest BCUT2D eigenvalue weighted by atomic mass is 10.0. The minimum Gasteiger partial charge on any atom is -0.493 e. The fourth-order valence-corrected chi connectivity index (χ4v) is 2.27. The predicted molar refractivity (Wildman–Crippen MR) is 72.5 cm³/mol. The molecule has 6 heteroatoms. The number of benzene rings is 1. The van der Waals surface area contributed by atoms with Crippen LogP contribution in [-0.4, -0.2) is 27.7 Å². The largest absolute Gasteiger partial charge is 0.493 e. The molecule has 1 aliphatic heterocycles. The van der Waals surface area contributed by atoms with Crippen LogP contribution in [0, 0.1) is 0 Å². The molecule has 1 aromatic carbocycles. The maximum atomic E-state index is 12.2. The number of aryl methyl sites for hydroxylation is 1. The number of aromatic amines is 1. The number of amides is 1. The van der Waals surface area contributed by atoms with Gasteiger partial charge in [0.25, 0.3) is 5.91 Å². The average molecular weight is 272 g/mol. The molecule has 1 aromatic heterocycles. The molecular weight excluding hydrogens is 256 g/mol. The van der Waals surface area contributed by atoms with E-state index in [2.05, 4.69) is 20.5 Å². The Morgan fingerprint density at radius 2 is 2.35 bits per heavy atom. The molecule has 1 unspecified atom stereocenters. The molecule has 104 valence electrons. The molecule has 2 aromatic rings. The van der Waals surface area contributed by atoms with Crippen molar-refractivity contribution in [3.63, 3.8) is 0 Å². The summed E-state index contributed by atoms with van der Waals surface area (Å²) in [5.41, 5.74) is 0.998. The van der Waals surface area contributed by atoms with Crippen LogP contribution in [0.15, 0.2) is 24.3 Å². The van der Waals surface area contributed by atoms with Gasteiger partial charge in [0.05, 0.1) is 12.6 Å². The molecule has 20 heavy (non-hydrogen) atoms. The summed E-state index contributed by atoms with van der Waals surface area (Å²) in [7, 11) is 0. The zero-order valence-electron chi connectivity index (χ0n) is 11.2. The number of carbonyl (C=O) groups excluding carboxylic acids is 1. The first-order valence-electron chi connectivity index (χ1n) is 6.71. The molecule has 0 radical (unpaired) electrons. The summed E-state index contributed by atoms with van der Waals surface area (Å²) in [6.45, 7) is 2.55. The molecule has 1 amide bonds. The van der Waals surface area contributed by atoms with E-state index in [4.69, 9.17) is 4.74 Å². The van der Waals surface area contributed by atoms with E-state index in [-0.39, 0.29) is 17.8 Å². The zero-order valence-corrected chi connectivity index (χ0v) is 11.2. The number of rotatable bonds is 3. The molecule has 3 rings (SSSR count). The van der Waals surface area contributed by atoms with Crippen LogP contribution in [0.3, 0.4) is 0 Å². The first-order valence-corrected chi connectivity index (χ1v) is 6.71. The van der Waals surface area contributed by atoms with Gasteiger partial charge in [-0.05, 0) is 6.07 Å². The summed E-state index contributed by atoms with van der Waals surface area (Å²) in [6, 6.07) is 7.68. The number of fused-ring (bicyclic) bond motifs is 1. The number of nitrogens with zero attached hydrogens (tertiary/aromatic N) is 2. The smallest absolute Gasteiger partial charge is 0.291 e. The van der Waals surface area contributed by atoms with Crippen molar-refractivity contribution in [1.82, 2.24) is 20.5 Å². The molecule has 0 fully saturated rings. The van der Waals surface area contributed by atoms with E-state index in [1.54, 1.807) is 0 Å². The molecule has 2 N–H and O–H groups in total. The quantitative estimate of drug-likeness (QED) is 0.889. The predicted octanol–water partition coefficient (Wildman–Crippen LogP) is 1.62. The maximum Gasteiger partial charge on any atom is 0.291 e. The van der Waals surface area contributed by atoms with Crippen molar-refractivity contribution in [3.05, 3.63) is 41.5 Å². The Balaban J connectivity index is 1.77. The highest BCUT2D eigenvalue weighted by molar-refractivity contribution is 5.90. The Morgan fingerprint density at radius 1 is 1.50 bits per heavy atom. The van der Waals surface area contributed by atoms with Crippen LogP contribution in [-0.2, 0) is 6.42 Å². The Labute approximate surface area is 116 Å². The van der Waals surface area contributed by atoms with Crippen molar-refractivity contribution in [2.75, 3.05) is 6.61 Å². The minimum atomic E-state index is -0.261. The molecule has 2 heterocycles. The SMILES string of the molecule is CCc1nc(C(=O)NC2CCOc3ccccc32)n[nH]1. The van der Waals surface area contributed by atoms with Gasteiger partial charge in [-0.25, -0.2) is 4.98 Å². The van der Waals surface area contributed by atoms with Crippen LogP contribution < -0.4 is 10.1 Å². The third kappa shape index (κ3) is 2.36. The van der Waals surface area contributed by atoms with Crippen molar-refractivity contribution in [2.45, 2.75) is 25.8 Å². The average Bonchev–Trinajstić information content (AvgIpc) is 2.97. The van der Waals surface area contributed by atoms with Gasteiger partial charge in [0.2, 0.25) is 5.82 Å². The lowest BCUT2D eigenvalue weighted by Crippen LogP contribution is -2.32. The summed E-state index contributed by atoms with van der Waals surface area (Å²) in [6.07, 6.45) is 1.47. The normalized spacial score (nSPS) is 17.1. The third-order valence-electron chi connectivity index (χ3n) is 3.33. The topological polar surface area (TPSA) is 79.9 Å². The molecule has 1 aliphatic rings. The van der Waals surface area contributed by atoms with Gasteiger partial charge in [0.15, 0.2) is 0 Å². The van der Waals surface area contributed by atoms with Crippen LogP contribution in [0.5, 0.6) is 5.75 Å². The maximum absolute atomic E-state index is 12.2. The third-order valence-corrected chi connectivity index (χ3v) is 3.33. The van der Waals surface area contributed by atoms with E-state index in [0.29, 0.717) is 12.4 Å². The van der Waals surface area contributed by atoms with Gasteiger partial charge < -0.3 is 10.1 Å². The standard InChI is InChI=1S/C14H16N4O2/c1-2-12-16-13(18-17-12)14(19)15-10-7-8-20-11-6-4-3-5-9(10)11/h3-6,10H,2,7-8H2,1H3,(H,15,19)(H,16,17,18). The second kappa shape index (κ2) is 5.32. The Kier molecular flexibility index (Phi) is 3.37. The van der Waals surface area contributed by atoms with Crippen LogP contribution in [0.4, 0.5) is 0 Å².